The van der Waals surface area contributed by atoms with Crippen molar-refractivity contribution in [2.24, 2.45) is 5.73 Å². The topological polar surface area (TPSA) is 47.7 Å². The van der Waals surface area contributed by atoms with E-state index >= 15 is 0 Å². The zero-order valence-electron chi connectivity index (χ0n) is 15.0. The van der Waals surface area contributed by atoms with Gasteiger partial charge in [0.2, 0.25) is 0 Å². The Labute approximate surface area is 151 Å². The highest BCUT2D eigenvalue weighted by molar-refractivity contribution is 5.14. The van der Waals surface area contributed by atoms with Gasteiger partial charge >= 0.3 is 0 Å². The lowest BCUT2D eigenvalue weighted by Gasteiger charge is -2.21. The lowest BCUT2D eigenvalue weighted by molar-refractivity contribution is 0.0814. The van der Waals surface area contributed by atoms with Crippen LogP contribution in [0.5, 0.6) is 0 Å². The average molecular weight is 342 g/mol. The second-order valence-corrected chi connectivity index (χ2v) is 6.06. The van der Waals surface area contributed by atoms with E-state index in [9.17, 15) is 0 Å². The standard InChI is InChI=1S/C21H30N2O2/c22-12-14-23(15-17-25-19-21-10-5-2-6-11-21)13-7-16-24-18-20-8-3-1-4-9-20/h1-6,8-11H,7,12-19,22H2. The molecule has 2 aromatic carbocycles. The van der Waals surface area contributed by atoms with Crippen molar-refractivity contribution >= 4 is 0 Å². The summed E-state index contributed by atoms with van der Waals surface area (Å²) in [5.74, 6) is 0. The molecule has 2 rings (SSSR count). The van der Waals surface area contributed by atoms with E-state index in [2.05, 4.69) is 29.2 Å². The number of rotatable bonds is 13. The number of ether oxygens (including phenoxy) is 2. The Morgan fingerprint density at radius 3 is 1.80 bits per heavy atom. The zero-order chi connectivity index (χ0) is 17.6. The fourth-order valence-electron chi connectivity index (χ4n) is 2.63. The van der Waals surface area contributed by atoms with Crippen molar-refractivity contribution in [1.82, 2.24) is 4.90 Å². The molecule has 4 nitrogen and oxygen atoms in total. The number of hydrogen-bond acceptors (Lipinski definition) is 4. The third kappa shape index (κ3) is 8.79. The molecule has 4 heteroatoms. The first-order valence-electron chi connectivity index (χ1n) is 9.04. The smallest absolute Gasteiger partial charge is 0.0717 e. The van der Waals surface area contributed by atoms with E-state index in [1.54, 1.807) is 0 Å². The molecule has 0 amide bonds. The summed E-state index contributed by atoms with van der Waals surface area (Å²) in [4.78, 5) is 2.34. The van der Waals surface area contributed by atoms with Crippen molar-refractivity contribution < 1.29 is 9.47 Å². The van der Waals surface area contributed by atoms with E-state index in [0.29, 0.717) is 19.8 Å². The van der Waals surface area contributed by atoms with E-state index in [1.807, 2.05) is 36.4 Å². The molecule has 0 bridgehead atoms. The largest absolute Gasteiger partial charge is 0.377 e. The van der Waals surface area contributed by atoms with Crippen LogP contribution in [0.2, 0.25) is 0 Å². The summed E-state index contributed by atoms with van der Waals surface area (Å²) in [7, 11) is 0. The number of nitrogens with zero attached hydrogens (tertiary/aromatic N) is 1. The number of hydrogen-bond donors (Lipinski definition) is 1. The molecule has 136 valence electrons. The van der Waals surface area contributed by atoms with Crippen molar-refractivity contribution in [2.75, 3.05) is 39.4 Å². The molecule has 0 heterocycles. The summed E-state index contributed by atoms with van der Waals surface area (Å²) < 4.78 is 11.5. The van der Waals surface area contributed by atoms with Crippen LogP contribution in [0.3, 0.4) is 0 Å². The number of nitrogens with two attached hydrogens (primary N) is 1. The summed E-state index contributed by atoms with van der Waals surface area (Å²) in [6.45, 7) is 6.29. The van der Waals surface area contributed by atoms with Crippen LogP contribution in [0.4, 0.5) is 0 Å². The van der Waals surface area contributed by atoms with Crippen LogP contribution in [-0.2, 0) is 22.7 Å². The minimum Gasteiger partial charge on any atom is -0.377 e. The SMILES string of the molecule is NCCN(CCCOCc1ccccc1)CCOCc1ccccc1. The van der Waals surface area contributed by atoms with Crippen molar-refractivity contribution in [3.8, 4) is 0 Å². The van der Waals surface area contributed by atoms with Crippen molar-refractivity contribution in [2.45, 2.75) is 19.6 Å². The lowest BCUT2D eigenvalue weighted by atomic mass is 10.2. The molecule has 0 spiro atoms. The third-order valence-electron chi connectivity index (χ3n) is 3.98. The normalized spacial score (nSPS) is 11.1. The summed E-state index contributed by atoms with van der Waals surface area (Å²) in [6.07, 6.45) is 1.01. The van der Waals surface area contributed by atoms with Gasteiger partial charge in [0.15, 0.2) is 0 Å². The molecule has 0 aliphatic heterocycles. The minimum atomic E-state index is 0.664. The van der Waals surface area contributed by atoms with Crippen molar-refractivity contribution in [3.63, 3.8) is 0 Å². The fraction of sp³-hybridized carbons (Fsp3) is 0.429. The van der Waals surface area contributed by atoms with Crippen LogP contribution in [0.15, 0.2) is 60.7 Å². The summed E-state index contributed by atoms with van der Waals surface area (Å²) in [5.41, 5.74) is 8.15. The van der Waals surface area contributed by atoms with Gasteiger partial charge in [-0.3, -0.25) is 4.90 Å². The minimum absolute atomic E-state index is 0.664. The van der Waals surface area contributed by atoms with Gasteiger partial charge in [-0.05, 0) is 17.5 Å². The molecular formula is C21H30N2O2. The van der Waals surface area contributed by atoms with Gasteiger partial charge in [0.1, 0.15) is 0 Å². The molecule has 0 aliphatic rings. The average Bonchev–Trinajstić information content (AvgIpc) is 2.66. The van der Waals surface area contributed by atoms with Gasteiger partial charge in [-0.2, -0.15) is 0 Å². The Balaban J connectivity index is 1.55. The molecule has 0 aliphatic carbocycles. The summed E-state index contributed by atoms with van der Waals surface area (Å²) in [6, 6.07) is 20.5. The van der Waals surface area contributed by atoms with E-state index < -0.39 is 0 Å². The molecule has 0 saturated carbocycles. The Morgan fingerprint density at radius 2 is 1.24 bits per heavy atom. The second kappa shape index (κ2) is 12.6. The molecule has 0 atom stereocenters. The molecule has 0 fully saturated rings. The van der Waals surface area contributed by atoms with Gasteiger partial charge in [-0.25, -0.2) is 0 Å². The predicted octanol–water partition coefficient (Wildman–Crippen LogP) is 3.07. The second-order valence-electron chi connectivity index (χ2n) is 6.06. The third-order valence-corrected chi connectivity index (χ3v) is 3.98. The highest BCUT2D eigenvalue weighted by Crippen LogP contribution is 2.02. The van der Waals surface area contributed by atoms with E-state index in [4.69, 9.17) is 15.2 Å². The highest BCUT2D eigenvalue weighted by Gasteiger charge is 2.04. The monoisotopic (exact) mass is 342 g/mol. The van der Waals surface area contributed by atoms with Gasteiger partial charge < -0.3 is 15.2 Å². The first kappa shape index (κ1) is 19.6. The molecule has 25 heavy (non-hydrogen) atoms. The van der Waals surface area contributed by atoms with Gasteiger partial charge in [0.05, 0.1) is 19.8 Å². The molecule has 2 aromatic rings. The zero-order valence-corrected chi connectivity index (χ0v) is 15.0. The highest BCUT2D eigenvalue weighted by atomic mass is 16.5. The molecular weight excluding hydrogens is 312 g/mol. The molecule has 0 radical (unpaired) electrons. The van der Waals surface area contributed by atoms with Crippen LogP contribution in [0.25, 0.3) is 0 Å². The van der Waals surface area contributed by atoms with Gasteiger partial charge in [0.25, 0.3) is 0 Å². The maximum absolute atomic E-state index is 5.77. The van der Waals surface area contributed by atoms with Crippen LogP contribution >= 0.6 is 0 Å². The number of benzene rings is 2. The van der Waals surface area contributed by atoms with Crippen LogP contribution in [-0.4, -0.2) is 44.3 Å². The van der Waals surface area contributed by atoms with E-state index in [0.717, 1.165) is 39.3 Å². The van der Waals surface area contributed by atoms with E-state index in [-0.39, 0.29) is 0 Å². The first-order chi connectivity index (χ1) is 12.4. The summed E-state index contributed by atoms with van der Waals surface area (Å²) >= 11 is 0. The van der Waals surface area contributed by atoms with Crippen molar-refractivity contribution in [1.29, 1.82) is 0 Å². The van der Waals surface area contributed by atoms with Gasteiger partial charge in [-0.15, -0.1) is 0 Å². The van der Waals surface area contributed by atoms with Gasteiger partial charge in [0, 0.05) is 32.8 Å². The molecule has 0 aromatic heterocycles. The van der Waals surface area contributed by atoms with E-state index in [1.165, 1.54) is 11.1 Å². The Bertz CT molecular complexity index is 548. The quantitative estimate of drug-likeness (QED) is 0.568. The Hall–Kier alpha value is -1.72. The van der Waals surface area contributed by atoms with Crippen LogP contribution < -0.4 is 5.73 Å². The maximum atomic E-state index is 5.77. The first-order valence-corrected chi connectivity index (χ1v) is 9.04. The Morgan fingerprint density at radius 1 is 0.680 bits per heavy atom. The van der Waals surface area contributed by atoms with Crippen molar-refractivity contribution in [3.05, 3.63) is 71.8 Å². The van der Waals surface area contributed by atoms with Gasteiger partial charge in [-0.1, -0.05) is 60.7 Å². The molecule has 0 saturated heterocycles. The summed E-state index contributed by atoms with van der Waals surface area (Å²) in [5, 5.41) is 0. The Kier molecular flexibility index (Phi) is 9.89. The molecule has 0 unspecified atom stereocenters. The van der Waals surface area contributed by atoms with Crippen LogP contribution in [0, 0.1) is 0 Å². The lowest BCUT2D eigenvalue weighted by Crippen LogP contribution is -2.33. The predicted molar refractivity (Wildman–Crippen MR) is 102 cm³/mol. The maximum Gasteiger partial charge on any atom is 0.0717 e. The van der Waals surface area contributed by atoms with Crippen LogP contribution in [0.1, 0.15) is 17.5 Å². The fourth-order valence-corrected chi connectivity index (χ4v) is 2.63. The molecule has 2 N–H and O–H groups in total.